The molecule has 1 rings (SSSR count). The molecule has 0 aromatic carbocycles. The summed E-state index contributed by atoms with van der Waals surface area (Å²) in [6.45, 7) is 12.9. The molecule has 16 heavy (non-hydrogen) atoms. The van der Waals surface area contributed by atoms with Crippen LogP contribution in [0.2, 0.25) is 0 Å². The van der Waals surface area contributed by atoms with Crippen molar-refractivity contribution in [2.75, 3.05) is 45.8 Å². The smallest absolute Gasteiger partial charge is 0.0107 e. The Balaban J connectivity index is 1.97. The average Bonchev–Trinajstić information content (AvgIpc) is 2.73. The van der Waals surface area contributed by atoms with Crippen LogP contribution in [0.5, 0.6) is 0 Å². The van der Waals surface area contributed by atoms with Gasteiger partial charge in [0.25, 0.3) is 0 Å². The first-order chi connectivity index (χ1) is 7.86. The Morgan fingerprint density at radius 3 is 2.75 bits per heavy atom. The van der Waals surface area contributed by atoms with Crippen molar-refractivity contribution in [1.29, 1.82) is 0 Å². The number of hydrogen-bond acceptors (Lipinski definition) is 3. The van der Waals surface area contributed by atoms with Crippen molar-refractivity contribution in [3.63, 3.8) is 0 Å². The van der Waals surface area contributed by atoms with Gasteiger partial charge in [0, 0.05) is 19.6 Å². The van der Waals surface area contributed by atoms with Gasteiger partial charge in [-0.25, -0.2) is 0 Å². The summed E-state index contributed by atoms with van der Waals surface area (Å²) in [5, 5.41) is 6.89. The Kier molecular flexibility index (Phi) is 7.81. The van der Waals surface area contributed by atoms with E-state index < -0.39 is 0 Å². The third kappa shape index (κ3) is 5.83. The predicted octanol–water partition coefficient (Wildman–Crippen LogP) is 1.31. The molecule has 1 fully saturated rings. The summed E-state index contributed by atoms with van der Waals surface area (Å²) < 4.78 is 0. The molecule has 0 aliphatic carbocycles. The van der Waals surface area contributed by atoms with Crippen LogP contribution in [0, 0.1) is 5.92 Å². The molecule has 0 aromatic heterocycles. The van der Waals surface area contributed by atoms with Crippen LogP contribution in [0.15, 0.2) is 0 Å². The number of rotatable bonds is 9. The van der Waals surface area contributed by atoms with Gasteiger partial charge < -0.3 is 15.5 Å². The molecule has 3 heteroatoms. The van der Waals surface area contributed by atoms with Crippen LogP contribution in [0.25, 0.3) is 0 Å². The second kappa shape index (κ2) is 8.97. The Morgan fingerprint density at radius 2 is 2.00 bits per heavy atom. The summed E-state index contributed by atoms with van der Waals surface area (Å²) in [5.74, 6) is 0.935. The van der Waals surface area contributed by atoms with Gasteiger partial charge in [-0.2, -0.15) is 0 Å². The molecule has 1 saturated heterocycles. The lowest BCUT2D eigenvalue weighted by Crippen LogP contribution is -2.31. The minimum absolute atomic E-state index is 0.935. The Morgan fingerprint density at radius 1 is 1.12 bits per heavy atom. The van der Waals surface area contributed by atoms with Crippen LogP contribution in [-0.4, -0.2) is 50.7 Å². The number of likely N-dealkylation sites (tertiary alicyclic amines) is 1. The summed E-state index contributed by atoms with van der Waals surface area (Å²) in [6.07, 6.45) is 4.00. The van der Waals surface area contributed by atoms with Gasteiger partial charge >= 0.3 is 0 Å². The molecule has 0 amide bonds. The fourth-order valence-electron chi connectivity index (χ4n) is 2.37. The fourth-order valence-corrected chi connectivity index (χ4v) is 2.37. The lowest BCUT2D eigenvalue weighted by atomic mass is 10.1. The van der Waals surface area contributed by atoms with Gasteiger partial charge in [-0.15, -0.1) is 0 Å². The quantitative estimate of drug-likeness (QED) is 0.582. The number of nitrogens with one attached hydrogen (secondary N) is 2. The van der Waals surface area contributed by atoms with Crippen LogP contribution >= 0.6 is 0 Å². The third-order valence-corrected chi connectivity index (χ3v) is 3.38. The molecule has 1 atom stereocenters. The van der Waals surface area contributed by atoms with Crippen LogP contribution < -0.4 is 10.6 Å². The van der Waals surface area contributed by atoms with Gasteiger partial charge in [-0.1, -0.05) is 13.8 Å². The second-order valence-corrected chi connectivity index (χ2v) is 4.85. The molecule has 0 bridgehead atoms. The lowest BCUT2D eigenvalue weighted by molar-refractivity contribution is 0.318. The van der Waals surface area contributed by atoms with E-state index in [1.807, 2.05) is 0 Å². The standard InChI is InChI=1S/C13H29N3/c1-3-7-15-9-11-16-10-6-13(12-16)5-8-14-4-2/h13-15H,3-12H2,1-2H3. The minimum Gasteiger partial charge on any atom is -0.317 e. The van der Waals surface area contributed by atoms with Crippen LogP contribution in [0.1, 0.15) is 33.1 Å². The fraction of sp³-hybridized carbons (Fsp3) is 1.00. The van der Waals surface area contributed by atoms with Gasteiger partial charge in [0.15, 0.2) is 0 Å². The maximum atomic E-state index is 3.48. The van der Waals surface area contributed by atoms with Crippen molar-refractivity contribution in [2.45, 2.75) is 33.1 Å². The van der Waals surface area contributed by atoms with Crippen molar-refractivity contribution in [3.05, 3.63) is 0 Å². The SMILES string of the molecule is CCCNCCN1CCC(CCNCC)C1. The van der Waals surface area contributed by atoms with E-state index in [-0.39, 0.29) is 0 Å². The summed E-state index contributed by atoms with van der Waals surface area (Å²) in [7, 11) is 0. The Bertz CT molecular complexity index is 161. The highest BCUT2D eigenvalue weighted by atomic mass is 15.2. The first-order valence-electron chi connectivity index (χ1n) is 7.00. The highest BCUT2D eigenvalue weighted by Gasteiger charge is 2.20. The van der Waals surface area contributed by atoms with Crippen LogP contribution in [0.3, 0.4) is 0 Å². The topological polar surface area (TPSA) is 27.3 Å². The highest BCUT2D eigenvalue weighted by Crippen LogP contribution is 2.18. The highest BCUT2D eigenvalue weighted by molar-refractivity contribution is 4.76. The summed E-state index contributed by atoms with van der Waals surface area (Å²) in [6, 6.07) is 0. The average molecular weight is 227 g/mol. The van der Waals surface area contributed by atoms with E-state index in [1.165, 1.54) is 45.4 Å². The van der Waals surface area contributed by atoms with E-state index >= 15 is 0 Å². The largest absolute Gasteiger partial charge is 0.317 e. The van der Waals surface area contributed by atoms with Gasteiger partial charge in [0.05, 0.1) is 0 Å². The molecule has 0 aromatic rings. The molecule has 2 N–H and O–H groups in total. The second-order valence-electron chi connectivity index (χ2n) is 4.85. The molecule has 0 radical (unpaired) electrons. The summed E-state index contributed by atoms with van der Waals surface area (Å²) in [4.78, 5) is 2.61. The van der Waals surface area contributed by atoms with E-state index in [9.17, 15) is 0 Å². The zero-order valence-electron chi connectivity index (χ0n) is 11.1. The van der Waals surface area contributed by atoms with Gasteiger partial charge in [0.2, 0.25) is 0 Å². The van der Waals surface area contributed by atoms with Gasteiger partial charge in [-0.05, 0) is 51.4 Å². The summed E-state index contributed by atoms with van der Waals surface area (Å²) in [5.41, 5.74) is 0. The first kappa shape index (κ1) is 13.9. The minimum atomic E-state index is 0.935. The van der Waals surface area contributed by atoms with Gasteiger partial charge in [-0.3, -0.25) is 0 Å². The molecule has 0 saturated carbocycles. The van der Waals surface area contributed by atoms with Crippen molar-refractivity contribution in [3.8, 4) is 0 Å². The molecule has 3 nitrogen and oxygen atoms in total. The molecule has 0 spiro atoms. The molecule has 1 aliphatic rings. The molecule has 96 valence electrons. The van der Waals surface area contributed by atoms with E-state index in [0.717, 1.165) is 25.6 Å². The van der Waals surface area contributed by atoms with E-state index in [4.69, 9.17) is 0 Å². The van der Waals surface area contributed by atoms with Crippen molar-refractivity contribution in [1.82, 2.24) is 15.5 Å². The maximum Gasteiger partial charge on any atom is 0.0107 e. The van der Waals surface area contributed by atoms with E-state index in [2.05, 4.69) is 29.4 Å². The van der Waals surface area contributed by atoms with Crippen LogP contribution in [-0.2, 0) is 0 Å². The number of nitrogens with zero attached hydrogens (tertiary/aromatic N) is 1. The molecular weight excluding hydrogens is 198 g/mol. The van der Waals surface area contributed by atoms with E-state index in [1.54, 1.807) is 0 Å². The van der Waals surface area contributed by atoms with Crippen LogP contribution in [0.4, 0.5) is 0 Å². The van der Waals surface area contributed by atoms with Gasteiger partial charge in [0.1, 0.15) is 0 Å². The first-order valence-corrected chi connectivity index (χ1v) is 7.00. The number of hydrogen-bond donors (Lipinski definition) is 2. The normalized spacial score (nSPS) is 21.8. The molecule has 1 unspecified atom stereocenters. The third-order valence-electron chi connectivity index (χ3n) is 3.38. The lowest BCUT2D eigenvalue weighted by Gasteiger charge is -2.16. The molecule has 1 aliphatic heterocycles. The zero-order valence-corrected chi connectivity index (χ0v) is 11.1. The summed E-state index contributed by atoms with van der Waals surface area (Å²) >= 11 is 0. The van der Waals surface area contributed by atoms with Crippen molar-refractivity contribution in [2.24, 2.45) is 5.92 Å². The molecular formula is C13H29N3. The molecule has 1 heterocycles. The Hall–Kier alpha value is -0.120. The monoisotopic (exact) mass is 227 g/mol. The van der Waals surface area contributed by atoms with Crippen molar-refractivity contribution >= 4 is 0 Å². The van der Waals surface area contributed by atoms with Crippen molar-refractivity contribution < 1.29 is 0 Å². The van der Waals surface area contributed by atoms with E-state index in [0.29, 0.717) is 0 Å². The predicted molar refractivity (Wildman–Crippen MR) is 70.9 cm³/mol. The zero-order chi connectivity index (χ0) is 11.6. The maximum absolute atomic E-state index is 3.48. The Labute approximate surface area is 101 Å².